The van der Waals surface area contributed by atoms with Gasteiger partial charge in [0.05, 0.1) is 18.3 Å². The molecule has 2 aliphatic carbocycles. The lowest BCUT2D eigenvalue weighted by molar-refractivity contribution is 0.197. The first-order valence-electron chi connectivity index (χ1n) is 9.61. The number of aromatic nitrogens is 2. The highest BCUT2D eigenvalue weighted by molar-refractivity contribution is 5.67. The molecule has 0 saturated heterocycles. The van der Waals surface area contributed by atoms with Crippen molar-refractivity contribution in [3.8, 4) is 11.1 Å². The zero-order valence-electron chi connectivity index (χ0n) is 15.1. The quantitative estimate of drug-likeness (QED) is 0.756. The third-order valence-electron chi connectivity index (χ3n) is 5.47. The summed E-state index contributed by atoms with van der Waals surface area (Å²) in [5.74, 6) is 0. The number of nitrogens with zero attached hydrogens (tertiary/aromatic N) is 2. The molecule has 2 saturated carbocycles. The lowest BCUT2D eigenvalue weighted by Crippen LogP contribution is -2.39. The number of rotatable bonds is 6. The van der Waals surface area contributed by atoms with E-state index >= 15 is 0 Å². The lowest BCUT2D eigenvalue weighted by Gasteiger charge is -2.28. The van der Waals surface area contributed by atoms with Crippen LogP contribution < -0.4 is 11.1 Å². The van der Waals surface area contributed by atoms with Crippen molar-refractivity contribution in [1.29, 1.82) is 0 Å². The van der Waals surface area contributed by atoms with Crippen LogP contribution in [0.15, 0.2) is 42.9 Å². The summed E-state index contributed by atoms with van der Waals surface area (Å²) in [6.07, 6.45) is 9.86. The van der Waals surface area contributed by atoms with Crippen LogP contribution in [-0.2, 0) is 6.42 Å². The van der Waals surface area contributed by atoms with Crippen LogP contribution in [0.25, 0.3) is 11.1 Å². The van der Waals surface area contributed by atoms with Crippen molar-refractivity contribution in [2.75, 3.05) is 5.73 Å². The van der Waals surface area contributed by atoms with Crippen molar-refractivity contribution in [1.82, 2.24) is 15.1 Å². The Hall–Kier alpha value is -2.30. The van der Waals surface area contributed by atoms with Gasteiger partial charge in [-0.2, -0.15) is 5.10 Å². The Bertz CT molecular complexity index is 793. The van der Waals surface area contributed by atoms with Gasteiger partial charge in [-0.1, -0.05) is 25.5 Å². The Labute approximate surface area is 154 Å². The number of anilines is 1. The first-order valence-corrected chi connectivity index (χ1v) is 9.61. The van der Waals surface area contributed by atoms with Crippen molar-refractivity contribution in [2.24, 2.45) is 0 Å². The minimum atomic E-state index is -0.780. The minimum absolute atomic E-state index is 0.113. The van der Waals surface area contributed by atoms with Gasteiger partial charge in [-0.15, -0.1) is 0 Å². The summed E-state index contributed by atoms with van der Waals surface area (Å²) in [5.41, 5.74) is 11.0. The van der Waals surface area contributed by atoms with Gasteiger partial charge in [-0.05, 0) is 48.9 Å². The highest BCUT2D eigenvalue weighted by atomic mass is 19.1. The van der Waals surface area contributed by atoms with Crippen LogP contribution in [0.1, 0.15) is 50.1 Å². The number of nitrogens with one attached hydrogen (secondary N) is 1. The average Bonchev–Trinajstić information content (AvgIpc) is 3.36. The van der Waals surface area contributed by atoms with Gasteiger partial charge < -0.3 is 11.1 Å². The molecule has 26 heavy (non-hydrogen) atoms. The molecule has 2 aliphatic rings. The summed E-state index contributed by atoms with van der Waals surface area (Å²) in [5, 5.41) is 7.76. The number of nitrogen functional groups attached to an aromatic ring is 1. The van der Waals surface area contributed by atoms with Crippen molar-refractivity contribution in [3.63, 3.8) is 0 Å². The second kappa shape index (κ2) is 7.14. The molecule has 1 aromatic carbocycles. The van der Waals surface area contributed by atoms with E-state index in [0.29, 0.717) is 18.9 Å². The van der Waals surface area contributed by atoms with Gasteiger partial charge in [-0.25, -0.2) is 4.39 Å². The van der Waals surface area contributed by atoms with E-state index in [0.717, 1.165) is 47.3 Å². The predicted octanol–water partition coefficient (Wildman–Crippen LogP) is 4.39. The largest absolute Gasteiger partial charge is 0.398 e. The highest BCUT2D eigenvalue weighted by Gasteiger charge is 2.25. The van der Waals surface area contributed by atoms with Gasteiger partial charge in [0.1, 0.15) is 6.17 Å². The Morgan fingerprint density at radius 3 is 2.81 bits per heavy atom. The Balaban J connectivity index is 1.46. The lowest BCUT2D eigenvalue weighted by atomic mass is 9.93. The standard InChI is InChI=1S/C21H27FN4/c1-14(25-21-5-3-2-4-19(21)22)10-16-11-15(6-9-20(16)23)17-12-24-26(13-17)18-7-8-18/h6,9,11-13,18-19,21,25H,1-5,7-8,10,23H2/t19?,21-/m1/s1. The molecule has 0 amide bonds. The molecule has 1 heterocycles. The molecule has 2 atom stereocenters. The maximum atomic E-state index is 14.0. The SMILES string of the molecule is C=C(Cc1cc(-c2cnn(C3CC3)c2)ccc1N)N[C@@H]1CCCCC1F. The van der Waals surface area contributed by atoms with Crippen LogP contribution in [0.3, 0.4) is 0 Å². The van der Waals surface area contributed by atoms with Gasteiger partial charge in [0.25, 0.3) is 0 Å². The van der Waals surface area contributed by atoms with E-state index in [9.17, 15) is 4.39 Å². The van der Waals surface area contributed by atoms with Gasteiger partial charge in [0.2, 0.25) is 0 Å². The fourth-order valence-electron chi connectivity index (χ4n) is 3.76. The van der Waals surface area contributed by atoms with Crippen LogP contribution >= 0.6 is 0 Å². The van der Waals surface area contributed by atoms with Crippen molar-refractivity contribution >= 4 is 5.69 Å². The molecule has 4 nitrogen and oxygen atoms in total. The molecule has 4 rings (SSSR count). The van der Waals surface area contributed by atoms with Crippen LogP contribution in [0.4, 0.5) is 10.1 Å². The van der Waals surface area contributed by atoms with Gasteiger partial charge in [-0.3, -0.25) is 4.68 Å². The normalized spacial score (nSPS) is 23.0. The molecule has 1 aromatic heterocycles. The molecule has 2 aromatic rings. The van der Waals surface area contributed by atoms with Crippen LogP contribution in [0, 0.1) is 0 Å². The molecule has 0 radical (unpaired) electrons. The molecule has 5 heteroatoms. The summed E-state index contributed by atoms with van der Waals surface area (Å²) in [6, 6.07) is 6.53. The summed E-state index contributed by atoms with van der Waals surface area (Å²) >= 11 is 0. The number of hydrogen-bond acceptors (Lipinski definition) is 3. The molecule has 0 bridgehead atoms. The van der Waals surface area contributed by atoms with Gasteiger partial charge >= 0.3 is 0 Å². The van der Waals surface area contributed by atoms with Crippen molar-refractivity contribution in [2.45, 2.75) is 63.2 Å². The number of benzene rings is 1. The zero-order valence-corrected chi connectivity index (χ0v) is 15.1. The van der Waals surface area contributed by atoms with E-state index in [1.165, 1.54) is 12.8 Å². The number of alkyl halides is 1. The fraction of sp³-hybridized carbons (Fsp3) is 0.476. The van der Waals surface area contributed by atoms with E-state index in [1.807, 2.05) is 18.3 Å². The molecule has 3 N–H and O–H groups in total. The van der Waals surface area contributed by atoms with Crippen LogP contribution in [0.5, 0.6) is 0 Å². The maximum absolute atomic E-state index is 14.0. The highest BCUT2D eigenvalue weighted by Crippen LogP contribution is 2.35. The molecule has 0 aliphatic heterocycles. The Morgan fingerprint density at radius 1 is 1.23 bits per heavy atom. The summed E-state index contributed by atoms with van der Waals surface area (Å²) in [6.45, 7) is 4.11. The van der Waals surface area contributed by atoms with Crippen molar-refractivity contribution < 1.29 is 4.39 Å². The molecule has 2 fully saturated rings. The first kappa shape index (κ1) is 17.1. The van der Waals surface area contributed by atoms with Gasteiger partial charge in [0.15, 0.2) is 0 Å². The Morgan fingerprint density at radius 2 is 2.04 bits per heavy atom. The van der Waals surface area contributed by atoms with E-state index in [-0.39, 0.29) is 6.04 Å². The van der Waals surface area contributed by atoms with E-state index in [1.54, 1.807) is 0 Å². The average molecular weight is 354 g/mol. The molecule has 0 spiro atoms. The molecule has 138 valence electrons. The number of hydrogen-bond donors (Lipinski definition) is 2. The summed E-state index contributed by atoms with van der Waals surface area (Å²) in [7, 11) is 0. The third-order valence-corrected chi connectivity index (χ3v) is 5.47. The first-order chi connectivity index (χ1) is 12.6. The zero-order chi connectivity index (χ0) is 18.1. The Kier molecular flexibility index (Phi) is 4.70. The minimum Gasteiger partial charge on any atom is -0.398 e. The van der Waals surface area contributed by atoms with E-state index in [2.05, 4.69) is 33.9 Å². The fourth-order valence-corrected chi connectivity index (χ4v) is 3.76. The number of halogens is 1. The van der Waals surface area contributed by atoms with Gasteiger partial charge in [0, 0.05) is 29.6 Å². The summed E-state index contributed by atoms with van der Waals surface area (Å²) < 4.78 is 16.1. The predicted molar refractivity (Wildman–Crippen MR) is 103 cm³/mol. The second-order valence-corrected chi connectivity index (χ2v) is 7.69. The van der Waals surface area contributed by atoms with E-state index in [4.69, 9.17) is 5.73 Å². The summed E-state index contributed by atoms with van der Waals surface area (Å²) in [4.78, 5) is 0. The smallest absolute Gasteiger partial charge is 0.120 e. The van der Waals surface area contributed by atoms with Crippen LogP contribution in [-0.4, -0.2) is 22.0 Å². The second-order valence-electron chi connectivity index (χ2n) is 7.69. The molecule has 1 unspecified atom stereocenters. The molecular formula is C21H27FN4. The monoisotopic (exact) mass is 354 g/mol. The number of nitrogens with two attached hydrogens (primary N) is 1. The maximum Gasteiger partial charge on any atom is 0.120 e. The topological polar surface area (TPSA) is 55.9 Å². The van der Waals surface area contributed by atoms with Crippen molar-refractivity contribution in [3.05, 3.63) is 48.4 Å². The third kappa shape index (κ3) is 3.76. The molecular weight excluding hydrogens is 327 g/mol. The van der Waals surface area contributed by atoms with Crippen LogP contribution in [0.2, 0.25) is 0 Å². The van der Waals surface area contributed by atoms with E-state index < -0.39 is 6.17 Å². The number of allylic oxidation sites excluding steroid dienone is 1.